The molecule has 0 aliphatic heterocycles. The fourth-order valence-corrected chi connectivity index (χ4v) is 3.45. The number of aryl methyl sites for hydroxylation is 2. The van der Waals surface area contributed by atoms with Crippen LogP contribution in [-0.4, -0.2) is 5.78 Å². The van der Waals surface area contributed by atoms with Crippen LogP contribution in [0.2, 0.25) is 0 Å². The van der Waals surface area contributed by atoms with E-state index in [0.29, 0.717) is 12.2 Å². The third-order valence-electron chi connectivity index (χ3n) is 3.55. The molecule has 1 aliphatic carbocycles. The normalized spacial score (nSPS) is 14.3. The Hall–Kier alpha value is -1.54. The highest BCUT2D eigenvalue weighted by atomic mass is 32.2. The summed E-state index contributed by atoms with van der Waals surface area (Å²) in [7, 11) is 0. The van der Waals surface area contributed by atoms with Gasteiger partial charge in [0.1, 0.15) is 0 Å². The first-order valence-corrected chi connectivity index (χ1v) is 7.45. The van der Waals surface area contributed by atoms with E-state index >= 15 is 0 Å². The highest BCUT2D eigenvalue weighted by molar-refractivity contribution is 7.99. The fraction of sp³-hybridized carbons (Fsp3) is 0.235. The number of carbonyl (C=O) groups excluding carboxylic acids is 1. The van der Waals surface area contributed by atoms with Crippen LogP contribution in [0.3, 0.4) is 0 Å². The maximum Gasteiger partial charge on any atom is 0.163 e. The number of hydrogen-bond donors (Lipinski definition) is 0. The van der Waals surface area contributed by atoms with Crippen molar-refractivity contribution in [1.82, 2.24) is 0 Å². The van der Waals surface area contributed by atoms with E-state index in [2.05, 4.69) is 43.3 Å². The molecular formula is C17H16OS. The molecule has 0 heterocycles. The Kier molecular flexibility index (Phi) is 3.43. The monoisotopic (exact) mass is 268 g/mol. The lowest BCUT2D eigenvalue weighted by atomic mass is 9.91. The molecule has 1 nitrogen and oxygen atoms in total. The molecule has 19 heavy (non-hydrogen) atoms. The molecule has 0 atom stereocenters. The standard InChI is InChI=1S/C17H16OS/c1-12-5-2-3-8-17(12)19-14-9-10-15-13(11-14)6-4-7-16(15)18/h2-3,5,8-11H,4,6-7H2,1H3. The molecule has 0 aromatic heterocycles. The van der Waals surface area contributed by atoms with Gasteiger partial charge in [-0.25, -0.2) is 0 Å². The van der Waals surface area contributed by atoms with Gasteiger partial charge in [-0.1, -0.05) is 36.0 Å². The maximum atomic E-state index is 11.8. The zero-order chi connectivity index (χ0) is 13.2. The summed E-state index contributed by atoms with van der Waals surface area (Å²) in [5, 5.41) is 0. The first-order valence-electron chi connectivity index (χ1n) is 6.63. The molecule has 0 saturated carbocycles. The minimum Gasteiger partial charge on any atom is -0.294 e. The fourth-order valence-electron chi connectivity index (χ4n) is 2.48. The van der Waals surface area contributed by atoms with E-state index < -0.39 is 0 Å². The van der Waals surface area contributed by atoms with Crippen LogP contribution in [0.4, 0.5) is 0 Å². The van der Waals surface area contributed by atoms with Crippen LogP contribution < -0.4 is 0 Å². The van der Waals surface area contributed by atoms with Crippen molar-refractivity contribution in [2.75, 3.05) is 0 Å². The molecule has 96 valence electrons. The predicted molar refractivity (Wildman–Crippen MR) is 79.0 cm³/mol. The number of fused-ring (bicyclic) bond motifs is 1. The minimum atomic E-state index is 0.300. The van der Waals surface area contributed by atoms with Crippen LogP contribution in [0.5, 0.6) is 0 Å². The second kappa shape index (κ2) is 5.22. The Balaban J connectivity index is 1.91. The van der Waals surface area contributed by atoms with Crippen LogP contribution >= 0.6 is 11.8 Å². The van der Waals surface area contributed by atoms with Crippen molar-refractivity contribution in [3.05, 3.63) is 59.2 Å². The molecule has 0 radical (unpaired) electrons. The van der Waals surface area contributed by atoms with E-state index in [-0.39, 0.29) is 0 Å². The highest BCUT2D eigenvalue weighted by Crippen LogP contribution is 2.33. The van der Waals surface area contributed by atoms with E-state index in [1.54, 1.807) is 11.8 Å². The van der Waals surface area contributed by atoms with Crippen molar-refractivity contribution in [1.29, 1.82) is 0 Å². The topological polar surface area (TPSA) is 17.1 Å². The van der Waals surface area contributed by atoms with Crippen molar-refractivity contribution < 1.29 is 4.79 Å². The molecule has 0 bridgehead atoms. The first kappa shape index (κ1) is 12.5. The molecule has 2 aromatic carbocycles. The summed E-state index contributed by atoms with van der Waals surface area (Å²) in [4.78, 5) is 14.3. The minimum absolute atomic E-state index is 0.300. The van der Waals surface area contributed by atoms with E-state index in [0.717, 1.165) is 18.4 Å². The van der Waals surface area contributed by atoms with Gasteiger partial charge in [0.05, 0.1) is 0 Å². The van der Waals surface area contributed by atoms with Crippen LogP contribution in [0, 0.1) is 6.92 Å². The summed E-state index contributed by atoms with van der Waals surface area (Å²) in [6.07, 6.45) is 2.73. The molecule has 2 aromatic rings. The molecule has 2 heteroatoms. The van der Waals surface area contributed by atoms with Gasteiger partial charge in [-0.2, -0.15) is 0 Å². The van der Waals surface area contributed by atoms with Crippen molar-refractivity contribution in [2.45, 2.75) is 36.0 Å². The Morgan fingerprint density at radius 1 is 1.05 bits per heavy atom. The lowest BCUT2D eigenvalue weighted by Gasteiger charge is -2.15. The summed E-state index contributed by atoms with van der Waals surface area (Å²) in [5.41, 5.74) is 3.44. The quantitative estimate of drug-likeness (QED) is 0.787. The lowest BCUT2D eigenvalue weighted by Crippen LogP contribution is -2.10. The van der Waals surface area contributed by atoms with Gasteiger partial charge in [0.15, 0.2) is 5.78 Å². The van der Waals surface area contributed by atoms with E-state index in [1.807, 2.05) is 6.07 Å². The van der Waals surface area contributed by atoms with Gasteiger partial charge >= 0.3 is 0 Å². The summed E-state index contributed by atoms with van der Waals surface area (Å²) in [5.74, 6) is 0.300. The molecule has 1 aliphatic rings. The number of rotatable bonds is 2. The van der Waals surface area contributed by atoms with Crippen molar-refractivity contribution in [3.8, 4) is 0 Å². The average molecular weight is 268 g/mol. The second-order valence-electron chi connectivity index (χ2n) is 4.96. The summed E-state index contributed by atoms with van der Waals surface area (Å²) < 4.78 is 0. The third-order valence-corrected chi connectivity index (χ3v) is 4.72. The second-order valence-corrected chi connectivity index (χ2v) is 6.08. The van der Waals surface area contributed by atoms with Crippen LogP contribution in [-0.2, 0) is 6.42 Å². The number of hydrogen-bond acceptors (Lipinski definition) is 2. The molecule has 0 N–H and O–H groups in total. The highest BCUT2D eigenvalue weighted by Gasteiger charge is 2.17. The Labute approximate surface area is 118 Å². The number of ketones is 1. The van der Waals surface area contributed by atoms with E-state index in [9.17, 15) is 4.79 Å². The van der Waals surface area contributed by atoms with Gasteiger partial charge in [0, 0.05) is 21.8 Å². The van der Waals surface area contributed by atoms with Gasteiger partial charge in [-0.15, -0.1) is 0 Å². The number of carbonyl (C=O) groups is 1. The predicted octanol–water partition coefficient (Wildman–Crippen LogP) is 4.67. The zero-order valence-electron chi connectivity index (χ0n) is 11.0. The zero-order valence-corrected chi connectivity index (χ0v) is 11.8. The molecule has 0 amide bonds. The SMILES string of the molecule is Cc1ccccc1Sc1ccc2c(c1)CCCC2=O. The van der Waals surface area contributed by atoms with Crippen molar-refractivity contribution >= 4 is 17.5 Å². The van der Waals surface area contributed by atoms with Crippen LogP contribution in [0.25, 0.3) is 0 Å². The summed E-state index contributed by atoms with van der Waals surface area (Å²) >= 11 is 1.78. The first-order chi connectivity index (χ1) is 9.24. The Bertz CT molecular complexity index is 631. The smallest absolute Gasteiger partial charge is 0.163 e. The number of benzene rings is 2. The largest absolute Gasteiger partial charge is 0.294 e. The van der Waals surface area contributed by atoms with E-state index in [4.69, 9.17) is 0 Å². The lowest BCUT2D eigenvalue weighted by molar-refractivity contribution is 0.0972. The van der Waals surface area contributed by atoms with Gasteiger partial charge in [0.2, 0.25) is 0 Å². The molecule has 3 rings (SSSR count). The van der Waals surface area contributed by atoms with Crippen molar-refractivity contribution in [2.24, 2.45) is 0 Å². The summed E-state index contributed by atoms with van der Waals surface area (Å²) in [6.45, 7) is 2.13. The molecule has 0 fully saturated rings. The van der Waals surface area contributed by atoms with Gasteiger partial charge in [-0.05, 0) is 49.1 Å². The van der Waals surface area contributed by atoms with E-state index in [1.165, 1.54) is 20.9 Å². The van der Waals surface area contributed by atoms with Crippen LogP contribution in [0.15, 0.2) is 52.3 Å². The van der Waals surface area contributed by atoms with Gasteiger partial charge in [-0.3, -0.25) is 4.79 Å². The molecule has 0 spiro atoms. The molecule has 0 unspecified atom stereocenters. The summed E-state index contributed by atoms with van der Waals surface area (Å²) in [6, 6.07) is 14.6. The molecule has 0 saturated heterocycles. The van der Waals surface area contributed by atoms with Crippen molar-refractivity contribution in [3.63, 3.8) is 0 Å². The maximum absolute atomic E-state index is 11.8. The Morgan fingerprint density at radius 3 is 2.74 bits per heavy atom. The number of Topliss-reactive ketones (excluding diaryl/α,β-unsaturated/α-hetero) is 1. The Morgan fingerprint density at radius 2 is 1.89 bits per heavy atom. The van der Waals surface area contributed by atoms with Crippen LogP contribution in [0.1, 0.15) is 34.3 Å². The third kappa shape index (κ3) is 2.59. The van der Waals surface area contributed by atoms with Gasteiger partial charge < -0.3 is 0 Å². The van der Waals surface area contributed by atoms with Gasteiger partial charge in [0.25, 0.3) is 0 Å². The molecular weight excluding hydrogens is 252 g/mol. The average Bonchev–Trinajstić information content (AvgIpc) is 2.42.